The predicted molar refractivity (Wildman–Crippen MR) is 129 cm³/mol. The summed E-state index contributed by atoms with van der Waals surface area (Å²) in [6.07, 6.45) is 1.96. The number of hydrogen-bond acceptors (Lipinski definition) is 7. The molecule has 4 aliphatic rings. The van der Waals surface area contributed by atoms with Gasteiger partial charge in [0.1, 0.15) is 17.2 Å². The standard InChI is InChI=1S/C25H26Cl2N2O7/c1-5-29-20(31)13-7-6-12-14(17(13)21(29)32)10-24(26)22(33)28(2)23(34)25(24,27)19(12)18-15(30)8-11(35-3)9-16(18)36-4/h6,8-9,13-14,17,19,30H,5,7,10H2,1-4H3/t13-,14+,17-,19+,24+,25-/m0/s1. The van der Waals surface area contributed by atoms with Crippen molar-refractivity contribution in [2.24, 2.45) is 17.8 Å². The number of ether oxygens (including phenoxy) is 2. The lowest BCUT2D eigenvalue weighted by Crippen LogP contribution is -2.60. The third kappa shape index (κ3) is 2.84. The molecule has 0 bridgehead atoms. The Bertz CT molecular complexity index is 1250. The number of aromatic hydroxyl groups is 1. The maximum Gasteiger partial charge on any atom is 0.253 e. The number of nitrogens with zero attached hydrogens (tertiary/aromatic N) is 2. The molecule has 5 rings (SSSR count). The normalized spacial score (nSPS) is 35.4. The van der Waals surface area contributed by atoms with Gasteiger partial charge in [0.05, 0.1) is 26.1 Å². The van der Waals surface area contributed by atoms with Crippen molar-refractivity contribution in [2.45, 2.75) is 35.4 Å². The Balaban J connectivity index is 1.79. The minimum atomic E-state index is -2.01. The molecule has 6 atom stereocenters. The first-order valence-corrected chi connectivity index (χ1v) is 12.4. The van der Waals surface area contributed by atoms with Gasteiger partial charge in [-0.3, -0.25) is 29.0 Å². The summed E-state index contributed by atoms with van der Waals surface area (Å²) in [5.41, 5.74) is 0.741. The summed E-state index contributed by atoms with van der Waals surface area (Å²) in [6, 6.07) is 2.90. The number of methoxy groups -OCH3 is 2. The van der Waals surface area contributed by atoms with E-state index in [1.165, 1.54) is 38.3 Å². The number of imide groups is 2. The molecule has 1 saturated carbocycles. The van der Waals surface area contributed by atoms with E-state index < -0.39 is 45.2 Å². The number of phenols is 1. The van der Waals surface area contributed by atoms with Crippen molar-refractivity contribution in [1.29, 1.82) is 0 Å². The highest BCUT2D eigenvalue weighted by Crippen LogP contribution is 2.67. The second kappa shape index (κ2) is 8.11. The zero-order valence-electron chi connectivity index (χ0n) is 20.2. The molecular weight excluding hydrogens is 511 g/mol. The molecule has 3 fully saturated rings. The van der Waals surface area contributed by atoms with Crippen LogP contribution in [0.15, 0.2) is 23.8 Å². The highest BCUT2D eigenvalue weighted by molar-refractivity contribution is 6.53. The number of carbonyl (C=O) groups is 4. The Morgan fingerprint density at radius 3 is 2.36 bits per heavy atom. The molecule has 9 nitrogen and oxygen atoms in total. The Labute approximate surface area is 217 Å². The van der Waals surface area contributed by atoms with E-state index in [4.69, 9.17) is 32.7 Å². The molecule has 11 heteroatoms. The van der Waals surface area contributed by atoms with E-state index >= 15 is 0 Å². The summed E-state index contributed by atoms with van der Waals surface area (Å²) in [5.74, 6) is -4.89. The number of halogens is 2. The molecule has 0 radical (unpaired) electrons. The van der Waals surface area contributed by atoms with E-state index in [2.05, 4.69) is 0 Å². The molecule has 1 N–H and O–H groups in total. The SMILES string of the molecule is CCN1C(=O)[C@H]2[C@H](CC=C3[C@H]2C[C@@]2(Cl)C(=O)N(C)C(=O)[C@@]2(Cl)[C@H]3c2c(O)cc(OC)cc2OC)C1=O. The van der Waals surface area contributed by atoms with Crippen LogP contribution in [0.25, 0.3) is 0 Å². The first kappa shape index (κ1) is 24.9. The highest BCUT2D eigenvalue weighted by atomic mass is 35.5. The minimum absolute atomic E-state index is 0.105. The lowest BCUT2D eigenvalue weighted by molar-refractivity contribution is -0.141. The number of rotatable bonds is 4. The molecule has 0 unspecified atom stereocenters. The number of phenolic OH excluding ortho intramolecular Hbond substituents is 1. The topological polar surface area (TPSA) is 113 Å². The highest BCUT2D eigenvalue weighted by Gasteiger charge is 2.76. The van der Waals surface area contributed by atoms with Crippen molar-refractivity contribution in [2.75, 3.05) is 27.8 Å². The summed E-state index contributed by atoms with van der Waals surface area (Å²) in [5, 5.41) is 11.1. The van der Waals surface area contributed by atoms with Crippen LogP contribution in [0.2, 0.25) is 0 Å². The lowest BCUT2D eigenvalue weighted by atomic mass is 9.56. The minimum Gasteiger partial charge on any atom is -0.507 e. The number of allylic oxidation sites excluding steroid dienone is 2. The Hall–Kier alpha value is -2.78. The van der Waals surface area contributed by atoms with Crippen LogP contribution in [-0.2, 0) is 19.2 Å². The predicted octanol–water partition coefficient (Wildman–Crippen LogP) is 2.42. The number of hydrogen-bond donors (Lipinski definition) is 1. The largest absolute Gasteiger partial charge is 0.507 e. The Morgan fingerprint density at radius 1 is 1.06 bits per heavy atom. The van der Waals surface area contributed by atoms with Gasteiger partial charge in [0.15, 0.2) is 9.75 Å². The fraction of sp³-hybridized carbons (Fsp3) is 0.520. The van der Waals surface area contributed by atoms with E-state index in [1.807, 2.05) is 0 Å². The molecule has 4 amide bonds. The molecule has 36 heavy (non-hydrogen) atoms. The Morgan fingerprint density at radius 2 is 1.75 bits per heavy atom. The van der Waals surface area contributed by atoms with Crippen LogP contribution in [-0.4, -0.2) is 76.1 Å². The van der Waals surface area contributed by atoms with Gasteiger partial charge in [-0.2, -0.15) is 0 Å². The summed E-state index contributed by atoms with van der Waals surface area (Å²) in [6.45, 7) is 1.96. The van der Waals surface area contributed by atoms with E-state index in [1.54, 1.807) is 13.0 Å². The van der Waals surface area contributed by atoms with Gasteiger partial charge >= 0.3 is 0 Å². The zero-order valence-corrected chi connectivity index (χ0v) is 21.7. The first-order chi connectivity index (χ1) is 17.0. The quantitative estimate of drug-likeness (QED) is 0.357. The first-order valence-electron chi connectivity index (χ1n) is 11.7. The third-order valence-electron chi connectivity index (χ3n) is 8.26. The maximum atomic E-state index is 13.6. The van der Waals surface area contributed by atoms with Crippen molar-refractivity contribution < 1.29 is 33.8 Å². The van der Waals surface area contributed by atoms with Gasteiger partial charge in [-0.1, -0.05) is 11.6 Å². The van der Waals surface area contributed by atoms with Gasteiger partial charge in [0.2, 0.25) is 11.8 Å². The molecule has 2 heterocycles. The van der Waals surface area contributed by atoms with E-state index in [9.17, 15) is 24.3 Å². The van der Waals surface area contributed by atoms with Gasteiger partial charge in [0.25, 0.3) is 11.8 Å². The van der Waals surface area contributed by atoms with Gasteiger partial charge < -0.3 is 14.6 Å². The molecule has 0 aromatic heterocycles. The average Bonchev–Trinajstić information content (AvgIpc) is 3.18. The van der Waals surface area contributed by atoms with Crippen LogP contribution >= 0.6 is 23.2 Å². The number of amides is 4. The molecule has 192 valence electrons. The number of fused-ring (bicyclic) bond motifs is 4. The lowest BCUT2D eigenvalue weighted by Gasteiger charge is -2.51. The van der Waals surface area contributed by atoms with Crippen molar-refractivity contribution in [1.82, 2.24) is 9.80 Å². The van der Waals surface area contributed by atoms with Gasteiger partial charge in [-0.15, -0.1) is 23.2 Å². The zero-order chi connectivity index (χ0) is 26.3. The number of likely N-dealkylation sites (tertiary alicyclic amines) is 2. The second-order valence-corrected chi connectivity index (χ2v) is 10.9. The molecule has 0 spiro atoms. The number of benzene rings is 1. The van der Waals surface area contributed by atoms with Crippen molar-refractivity contribution in [3.63, 3.8) is 0 Å². The Kier molecular flexibility index (Phi) is 5.61. The van der Waals surface area contributed by atoms with E-state index in [-0.39, 0.29) is 48.3 Å². The van der Waals surface area contributed by atoms with Gasteiger partial charge in [0, 0.05) is 37.2 Å². The second-order valence-electron chi connectivity index (χ2n) is 9.68. The third-order valence-corrected chi connectivity index (χ3v) is 9.67. The fourth-order valence-electron chi connectivity index (χ4n) is 6.60. The average molecular weight is 537 g/mol. The van der Waals surface area contributed by atoms with Crippen LogP contribution in [0, 0.1) is 17.8 Å². The number of alkyl halides is 2. The molecular formula is C25H26Cl2N2O7. The van der Waals surface area contributed by atoms with Crippen LogP contribution in [0.1, 0.15) is 31.2 Å². The van der Waals surface area contributed by atoms with Crippen molar-refractivity contribution in [3.8, 4) is 17.2 Å². The van der Waals surface area contributed by atoms with Crippen LogP contribution in [0.3, 0.4) is 0 Å². The van der Waals surface area contributed by atoms with Crippen molar-refractivity contribution in [3.05, 3.63) is 29.3 Å². The van der Waals surface area contributed by atoms with Gasteiger partial charge in [-0.05, 0) is 25.7 Å². The van der Waals surface area contributed by atoms with E-state index in [0.29, 0.717) is 11.3 Å². The summed E-state index contributed by atoms with van der Waals surface area (Å²) in [7, 11) is 4.13. The van der Waals surface area contributed by atoms with Crippen LogP contribution in [0.4, 0.5) is 0 Å². The molecule has 1 aromatic carbocycles. The summed E-state index contributed by atoms with van der Waals surface area (Å²) in [4.78, 5) is 51.6. The monoisotopic (exact) mass is 536 g/mol. The fourth-order valence-corrected chi connectivity index (χ4v) is 7.61. The van der Waals surface area contributed by atoms with E-state index in [0.717, 1.165) is 4.90 Å². The van der Waals surface area contributed by atoms with Crippen molar-refractivity contribution >= 4 is 46.8 Å². The van der Waals surface area contributed by atoms with Crippen LogP contribution < -0.4 is 9.47 Å². The molecule has 2 saturated heterocycles. The molecule has 1 aromatic rings. The smallest absolute Gasteiger partial charge is 0.253 e. The van der Waals surface area contributed by atoms with Gasteiger partial charge in [-0.25, -0.2) is 0 Å². The number of carbonyl (C=O) groups excluding carboxylic acids is 4. The van der Waals surface area contributed by atoms with Crippen LogP contribution in [0.5, 0.6) is 17.2 Å². The maximum absolute atomic E-state index is 13.6. The molecule has 2 aliphatic heterocycles. The molecule has 2 aliphatic carbocycles. The summed E-state index contributed by atoms with van der Waals surface area (Å²) < 4.78 is 10.8. The summed E-state index contributed by atoms with van der Waals surface area (Å²) >= 11 is 14.2.